The molecule has 1 unspecified atom stereocenters. The molecule has 1 heterocycles. The molecule has 0 radical (unpaired) electrons. The highest BCUT2D eigenvalue weighted by molar-refractivity contribution is 6.74. The van der Waals surface area contributed by atoms with Crippen molar-refractivity contribution in [3.05, 3.63) is 41.6 Å². The quantitative estimate of drug-likeness (QED) is 0.214. The number of aldehydes is 1. The van der Waals surface area contributed by atoms with Crippen molar-refractivity contribution in [2.75, 3.05) is 0 Å². The number of hydrogen-bond donors (Lipinski definition) is 0. The zero-order valence-electron chi connectivity index (χ0n) is 19.3. The highest BCUT2D eigenvalue weighted by Gasteiger charge is 2.39. The molecule has 0 bridgehead atoms. The molecule has 1 atom stereocenters. The Morgan fingerprint density at radius 3 is 2.34 bits per heavy atom. The molecule has 0 spiro atoms. The standard InChI is InChI=1S/C25H39NO2Si/c1-7-8-9-10-11-12-13-24(28-29(5,6)25(2,3)4)21-15-14-20-16-17-22(19-27)26-23(20)18-21/h14-19,24H,7-13H2,1-6H3. The predicted octanol–water partition coefficient (Wildman–Crippen LogP) is 7.86. The Morgan fingerprint density at radius 1 is 1.03 bits per heavy atom. The van der Waals surface area contributed by atoms with E-state index in [9.17, 15) is 4.79 Å². The van der Waals surface area contributed by atoms with Crippen molar-refractivity contribution in [3.8, 4) is 0 Å². The predicted molar refractivity (Wildman–Crippen MR) is 126 cm³/mol. The van der Waals surface area contributed by atoms with E-state index in [1.54, 1.807) is 6.07 Å². The number of rotatable bonds is 11. The Bertz CT molecular complexity index is 795. The SMILES string of the molecule is CCCCCCCCC(O[Si](C)(C)C(C)(C)C)c1ccc2ccc(C=O)nc2c1. The van der Waals surface area contributed by atoms with Gasteiger partial charge in [-0.2, -0.15) is 0 Å². The summed E-state index contributed by atoms with van der Waals surface area (Å²) < 4.78 is 6.86. The van der Waals surface area contributed by atoms with Crippen molar-refractivity contribution >= 4 is 25.5 Å². The minimum Gasteiger partial charge on any atom is -0.410 e. The number of pyridine rings is 1. The van der Waals surface area contributed by atoms with Crippen LogP contribution in [0.4, 0.5) is 0 Å². The third-order valence-corrected chi connectivity index (χ3v) is 10.8. The highest BCUT2D eigenvalue weighted by Crippen LogP contribution is 2.41. The van der Waals surface area contributed by atoms with E-state index >= 15 is 0 Å². The highest BCUT2D eigenvalue weighted by atomic mass is 28.4. The lowest BCUT2D eigenvalue weighted by atomic mass is 10.0. The Hall–Kier alpha value is -1.52. The third kappa shape index (κ3) is 6.75. The van der Waals surface area contributed by atoms with E-state index < -0.39 is 8.32 Å². The molecule has 3 nitrogen and oxygen atoms in total. The fraction of sp³-hybridized carbons (Fsp3) is 0.600. The van der Waals surface area contributed by atoms with Crippen LogP contribution in [0.15, 0.2) is 30.3 Å². The van der Waals surface area contributed by atoms with Crippen LogP contribution in [0.1, 0.15) is 94.8 Å². The average molecular weight is 414 g/mol. The van der Waals surface area contributed by atoms with Crippen LogP contribution >= 0.6 is 0 Å². The van der Waals surface area contributed by atoms with E-state index in [1.807, 2.05) is 6.07 Å². The molecule has 4 heteroatoms. The lowest BCUT2D eigenvalue weighted by molar-refractivity contribution is 0.111. The summed E-state index contributed by atoms with van der Waals surface area (Å²) in [5.41, 5.74) is 2.54. The van der Waals surface area contributed by atoms with E-state index in [1.165, 1.54) is 44.1 Å². The fourth-order valence-corrected chi connectivity index (χ4v) is 4.67. The normalized spacial score (nSPS) is 13.6. The number of unbranched alkanes of at least 4 members (excludes halogenated alkanes) is 5. The summed E-state index contributed by atoms with van der Waals surface area (Å²) in [6.45, 7) is 13.8. The minimum atomic E-state index is -1.89. The maximum Gasteiger partial charge on any atom is 0.192 e. The molecular formula is C25H39NO2Si. The van der Waals surface area contributed by atoms with Gasteiger partial charge in [0.15, 0.2) is 14.6 Å². The van der Waals surface area contributed by atoms with Crippen molar-refractivity contribution < 1.29 is 9.22 Å². The Labute approximate surface area is 178 Å². The summed E-state index contributed by atoms with van der Waals surface area (Å²) in [5, 5.41) is 1.23. The Balaban J connectivity index is 2.23. The van der Waals surface area contributed by atoms with Gasteiger partial charge in [-0.3, -0.25) is 4.79 Å². The molecular weight excluding hydrogens is 374 g/mol. The van der Waals surface area contributed by atoms with Gasteiger partial charge in [0.1, 0.15) is 5.69 Å². The largest absolute Gasteiger partial charge is 0.410 e. The summed E-state index contributed by atoms with van der Waals surface area (Å²) in [4.78, 5) is 15.6. The first-order chi connectivity index (χ1) is 13.7. The first-order valence-electron chi connectivity index (χ1n) is 11.2. The number of hydrogen-bond acceptors (Lipinski definition) is 3. The zero-order valence-corrected chi connectivity index (χ0v) is 20.3. The number of carbonyl (C=O) groups excluding carboxylic acids is 1. The number of aromatic nitrogens is 1. The minimum absolute atomic E-state index is 0.0909. The molecule has 0 aliphatic rings. The lowest BCUT2D eigenvalue weighted by Crippen LogP contribution is -2.41. The molecule has 160 valence electrons. The van der Waals surface area contributed by atoms with Crippen molar-refractivity contribution in [1.29, 1.82) is 0 Å². The molecule has 1 aromatic carbocycles. The van der Waals surface area contributed by atoms with Gasteiger partial charge in [0.05, 0.1) is 11.6 Å². The molecule has 2 aromatic rings. The molecule has 0 aliphatic carbocycles. The molecule has 0 amide bonds. The number of nitrogens with zero attached hydrogens (tertiary/aromatic N) is 1. The van der Waals surface area contributed by atoms with E-state index in [0.29, 0.717) is 5.69 Å². The van der Waals surface area contributed by atoms with Gasteiger partial charge in [0, 0.05) is 5.39 Å². The van der Waals surface area contributed by atoms with Gasteiger partial charge < -0.3 is 4.43 Å². The van der Waals surface area contributed by atoms with Gasteiger partial charge in [-0.05, 0) is 42.2 Å². The molecule has 0 N–H and O–H groups in total. The van der Waals surface area contributed by atoms with Gasteiger partial charge in [-0.15, -0.1) is 0 Å². The van der Waals surface area contributed by atoms with E-state index in [4.69, 9.17) is 4.43 Å². The van der Waals surface area contributed by atoms with E-state index in [2.05, 4.69) is 64.0 Å². The van der Waals surface area contributed by atoms with Crippen molar-refractivity contribution in [3.63, 3.8) is 0 Å². The summed E-state index contributed by atoms with van der Waals surface area (Å²) in [6, 6.07) is 10.1. The molecule has 0 fully saturated rings. The first-order valence-corrected chi connectivity index (χ1v) is 14.1. The molecule has 2 rings (SSSR count). The summed E-state index contributed by atoms with van der Waals surface area (Å²) in [6.07, 6.45) is 9.64. The Morgan fingerprint density at radius 2 is 1.69 bits per heavy atom. The second kappa shape index (κ2) is 10.5. The van der Waals surface area contributed by atoms with Gasteiger partial charge in [0.25, 0.3) is 0 Å². The topological polar surface area (TPSA) is 39.2 Å². The van der Waals surface area contributed by atoms with Gasteiger partial charge in [0.2, 0.25) is 0 Å². The monoisotopic (exact) mass is 413 g/mol. The molecule has 0 aliphatic heterocycles. The molecule has 1 aromatic heterocycles. The van der Waals surface area contributed by atoms with Crippen LogP contribution in [0.25, 0.3) is 10.9 Å². The molecule has 29 heavy (non-hydrogen) atoms. The van der Waals surface area contributed by atoms with Gasteiger partial charge in [-0.25, -0.2) is 4.98 Å². The average Bonchev–Trinajstić information content (AvgIpc) is 2.67. The van der Waals surface area contributed by atoms with Crippen LogP contribution in [0, 0.1) is 0 Å². The fourth-order valence-electron chi connectivity index (χ4n) is 3.35. The van der Waals surface area contributed by atoms with Crippen LogP contribution in [-0.2, 0) is 4.43 Å². The Kier molecular flexibility index (Phi) is 8.59. The van der Waals surface area contributed by atoms with Crippen molar-refractivity contribution in [2.45, 2.75) is 96.9 Å². The van der Waals surface area contributed by atoms with Crippen LogP contribution in [0.5, 0.6) is 0 Å². The van der Waals surface area contributed by atoms with Crippen LogP contribution in [-0.4, -0.2) is 19.6 Å². The number of benzene rings is 1. The summed E-state index contributed by atoms with van der Waals surface area (Å²) in [7, 11) is -1.89. The zero-order chi connectivity index (χ0) is 21.5. The second-order valence-electron chi connectivity index (χ2n) is 9.73. The van der Waals surface area contributed by atoms with Crippen LogP contribution in [0.2, 0.25) is 18.1 Å². The summed E-state index contributed by atoms with van der Waals surface area (Å²) >= 11 is 0. The maximum absolute atomic E-state index is 11.1. The first kappa shape index (κ1) is 23.8. The number of fused-ring (bicyclic) bond motifs is 1. The van der Waals surface area contributed by atoms with E-state index in [0.717, 1.165) is 23.6 Å². The lowest BCUT2D eigenvalue weighted by Gasteiger charge is -2.39. The smallest absolute Gasteiger partial charge is 0.192 e. The summed E-state index contributed by atoms with van der Waals surface area (Å²) in [5.74, 6) is 0. The van der Waals surface area contributed by atoms with Crippen LogP contribution < -0.4 is 0 Å². The van der Waals surface area contributed by atoms with Crippen LogP contribution in [0.3, 0.4) is 0 Å². The van der Waals surface area contributed by atoms with Crippen molar-refractivity contribution in [1.82, 2.24) is 4.98 Å². The number of carbonyl (C=O) groups is 1. The van der Waals surface area contributed by atoms with E-state index in [-0.39, 0.29) is 11.1 Å². The third-order valence-electron chi connectivity index (χ3n) is 6.29. The van der Waals surface area contributed by atoms with Gasteiger partial charge in [-0.1, -0.05) is 84.4 Å². The molecule has 0 saturated heterocycles. The second-order valence-corrected chi connectivity index (χ2v) is 14.5. The molecule has 0 saturated carbocycles. The van der Waals surface area contributed by atoms with Gasteiger partial charge >= 0.3 is 0 Å². The maximum atomic E-state index is 11.1. The van der Waals surface area contributed by atoms with Crippen molar-refractivity contribution in [2.24, 2.45) is 0 Å².